The number of fused-ring (bicyclic) bond motifs is 1. The van der Waals surface area contributed by atoms with Gasteiger partial charge in [-0.25, -0.2) is 0 Å². The largest absolute Gasteiger partial charge is 0.459 e. The molecule has 134 valence electrons. The fourth-order valence-corrected chi connectivity index (χ4v) is 3.76. The number of nitrogens with zero attached hydrogens (tertiary/aromatic N) is 2. The fraction of sp³-hybridized carbons (Fsp3) is 0.333. The molecule has 2 heterocycles. The third-order valence-electron chi connectivity index (χ3n) is 4.98. The van der Waals surface area contributed by atoms with Crippen LogP contribution in [0.1, 0.15) is 53.7 Å². The molecule has 1 aliphatic rings. The third-order valence-corrected chi connectivity index (χ3v) is 4.98. The Bertz CT molecular complexity index is 895. The van der Waals surface area contributed by atoms with Crippen molar-refractivity contribution in [3.8, 4) is 0 Å². The standard InChI is InChI=1S/C21H23N3O2/c1-21(2)11-17(23-20(25)19-9-6-10-26-19)16-13-22-24(18(16)12-21)14-15-7-4-3-5-8-15/h3-10,13,17H,11-12,14H2,1-2H3,(H,23,25)/t17-/m1/s1. The summed E-state index contributed by atoms with van der Waals surface area (Å²) in [7, 11) is 0. The Balaban J connectivity index is 1.62. The summed E-state index contributed by atoms with van der Waals surface area (Å²) in [6.07, 6.45) is 5.25. The van der Waals surface area contributed by atoms with Gasteiger partial charge >= 0.3 is 0 Å². The molecule has 4 rings (SSSR count). The zero-order chi connectivity index (χ0) is 18.1. The van der Waals surface area contributed by atoms with Gasteiger partial charge < -0.3 is 9.73 Å². The first-order valence-electron chi connectivity index (χ1n) is 8.95. The van der Waals surface area contributed by atoms with Crippen molar-refractivity contribution in [2.75, 3.05) is 0 Å². The van der Waals surface area contributed by atoms with Crippen LogP contribution >= 0.6 is 0 Å². The van der Waals surface area contributed by atoms with Gasteiger partial charge in [-0.1, -0.05) is 44.2 Å². The summed E-state index contributed by atoms with van der Waals surface area (Å²) in [5.41, 5.74) is 3.62. The van der Waals surface area contributed by atoms with Gasteiger partial charge in [-0.15, -0.1) is 0 Å². The number of carbonyl (C=O) groups excluding carboxylic acids is 1. The van der Waals surface area contributed by atoms with Gasteiger partial charge in [0.1, 0.15) is 0 Å². The number of benzene rings is 1. The molecule has 1 N–H and O–H groups in total. The van der Waals surface area contributed by atoms with E-state index >= 15 is 0 Å². The minimum Gasteiger partial charge on any atom is -0.459 e. The van der Waals surface area contributed by atoms with E-state index in [4.69, 9.17) is 4.42 Å². The molecule has 0 saturated carbocycles. The Morgan fingerprint density at radius 2 is 2.08 bits per heavy atom. The van der Waals surface area contributed by atoms with Crippen molar-refractivity contribution in [3.05, 3.63) is 77.5 Å². The lowest BCUT2D eigenvalue weighted by Gasteiger charge is -2.35. The van der Waals surface area contributed by atoms with Crippen LogP contribution in [0.15, 0.2) is 59.3 Å². The van der Waals surface area contributed by atoms with Gasteiger partial charge in [0.15, 0.2) is 5.76 Å². The lowest BCUT2D eigenvalue weighted by atomic mass is 9.74. The topological polar surface area (TPSA) is 60.1 Å². The summed E-state index contributed by atoms with van der Waals surface area (Å²) in [5.74, 6) is 0.158. The van der Waals surface area contributed by atoms with Crippen molar-refractivity contribution in [3.63, 3.8) is 0 Å². The molecule has 0 bridgehead atoms. The monoisotopic (exact) mass is 349 g/mol. The van der Waals surface area contributed by atoms with Gasteiger partial charge in [-0.3, -0.25) is 9.48 Å². The predicted octanol–water partition coefficient (Wildman–Crippen LogP) is 3.97. The molecule has 0 unspecified atom stereocenters. The first-order chi connectivity index (χ1) is 12.5. The van der Waals surface area contributed by atoms with E-state index in [2.05, 4.69) is 41.1 Å². The van der Waals surface area contributed by atoms with E-state index in [0.29, 0.717) is 5.76 Å². The summed E-state index contributed by atoms with van der Waals surface area (Å²) in [5, 5.41) is 7.75. The Hall–Kier alpha value is -2.82. The average molecular weight is 349 g/mol. The highest BCUT2D eigenvalue weighted by molar-refractivity contribution is 5.91. The van der Waals surface area contributed by atoms with E-state index in [0.717, 1.165) is 24.9 Å². The second-order valence-electron chi connectivity index (χ2n) is 7.74. The van der Waals surface area contributed by atoms with Crippen molar-refractivity contribution >= 4 is 5.91 Å². The summed E-state index contributed by atoms with van der Waals surface area (Å²) in [4.78, 5) is 12.5. The zero-order valence-electron chi connectivity index (χ0n) is 15.1. The lowest BCUT2D eigenvalue weighted by molar-refractivity contribution is 0.0891. The van der Waals surface area contributed by atoms with Gasteiger partial charge in [-0.2, -0.15) is 5.10 Å². The summed E-state index contributed by atoms with van der Waals surface area (Å²) < 4.78 is 7.30. The molecule has 0 aliphatic heterocycles. The van der Waals surface area contributed by atoms with Gasteiger partial charge in [-0.05, 0) is 36.0 Å². The first kappa shape index (κ1) is 16.6. The predicted molar refractivity (Wildman–Crippen MR) is 98.8 cm³/mol. The van der Waals surface area contributed by atoms with E-state index in [1.54, 1.807) is 12.1 Å². The molecular weight excluding hydrogens is 326 g/mol. The number of carbonyl (C=O) groups is 1. The van der Waals surface area contributed by atoms with Crippen LogP contribution in [0.2, 0.25) is 0 Å². The highest BCUT2D eigenvalue weighted by Crippen LogP contribution is 2.41. The van der Waals surface area contributed by atoms with Crippen LogP contribution in [0.5, 0.6) is 0 Å². The number of aromatic nitrogens is 2. The number of hydrogen-bond acceptors (Lipinski definition) is 3. The molecule has 0 radical (unpaired) electrons. The van der Waals surface area contributed by atoms with E-state index in [9.17, 15) is 4.79 Å². The van der Waals surface area contributed by atoms with Crippen molar-refractivity contribution in [1.82, 2.24) is 15.1 Å². The molecule has 1 aromatic carbocycles. The Labute approximate surface area is 153 Å². The first-order valence-corrected chi connectivity index (χ1v) is 8.95. The van der Waals surface area contributed by atoms with Crippen LogP contribution in [0.4, 0.5) is 0 Å². The molecule has 1 atom stereocenters. The van der Waals surface area contributed by atoms with Crippen LogP contribution in [-0.4, -0.2) is 15.7 Å². The summed E-state index contributed by atoms with van der Waals surface area (Å²) in [6.45, 7) is 5.22. The Morgan fingerprint density at radius 1 is 1.27 bits per heavy atom. The summed E-state index contributed by atoms with van der Waals surface area (Å²) in [6, 6.07) is 13.7. The van der Waals surface area contributed by atoms with Crippen molar-refractivity contribution in [2.45, 2.75) is 39.3 Å². The van der Waals surface area contributed by atoms with Gasteiger partial charge in [0, 0.05) is 11.3 Å². The number of nitrogens with one attached hydrogen (secondary N) is 1. The third kappa shape index (κ3) is 3.29. The lowest BCUT2D eigenvalue weighted by Crippen LogP contribution is -2.36. The van der Waals surface area contributed by atoms with Gasteiger partial charge in [0.25, 0.3) is 5.91 Å². The second-order valence-corrected chi connectivity index (χ2v) is 7.74. The molecule has 1 aliphatic carbocycles. The maximum atomic E-state index is 12.5. The van der Waals surface area contributed by atoms with Crippen molar-refractivity contribution in [1.29, 1.82) is 0 Å². The molecular formula is C21H23N3O2. The molecule has 0 fully saturated rings. The van der Waals surface area contributed by atoms with Gasteiger partial charge in [0.2, 0.25) is 0 Å². The van der Waals surface area contributed by atoms with Gasteiger partial charge in [0.05, 0.1) is 25.0 Å². The summed E-state index contributed by atoms with van der Waals surface area (Å²) >= 11 is 0. The zero-order valence-corrected chi connectivity index (χ0v) is 15.1. The quantitative estimate of drug-likeness (QED) is 0.775. The fourth-order valence-electron chi connectivity index (χ4n) is 3.76. The highest BCUT2D eigenvalue weighted by Gasteiger charge is 2.36. The van der Waals surface area contributed by atoms with Crippen LogP contribution in [0, 0.1) is 5.41 Å². The number of hydrogen-bond donors (Lipinski definition) is 1. The minimum absolute atomic E-state index is 0.0594. The molecule has 26 heavy (non-hydrogen) atoms. The second kappa shape index (κ2) is 6.48. The van der Waals surface area contributed by atoms with Crippen molar-refractivity contribution in [2.24, 2.45) is 5.41 Å². The Morgan fingerprint density at radius 3 is 2.81 bits per heavy atom. The Kier molecular flexibility index (Phi) is 4.15. The van der Waals surface area contributed by atoms with E-state index in [-0.39, 0.29) is 17.4 Å². The van der Waals surface area contributed by atoms with Crippen LogP contribution in [0.25, 0.3) is 0 Å². The smallest absolute Gasteiger partial charge is 0.287 e. The van der Waals surface area contributed by atoms with E-state index in [1.165, 1.54) is 17.5 Å². The molecule has 5 heteroatoms. The highest BCUT2D eigenvalue weighted by atomic mass is 16.3. The molecule has 0 spiro atoms. The van der Waals surface area contributed by atoms with E-state index < -0.39 is 0 Å². The maximum absolute atomic E-state index is 12.5. The SMILES string of the molecule is CC1(C)Cc2c(cnn2Cc2ccccc2)[C@H](NC(=O)c2ccco2)C1. The number of furan rings is 1. The van der Waals surface area contributed by atoms with Crippen LogP contribution in [0.3, 0.4) is 0 Å². The minimum atomic E-state index is -0.181. The molecule has 3 aromatic rings. The normalized spacial score (nSPS) is 18.3. The number of amides is 1. The van der Waals surface area contributed by atoms with Crippen molar-refractivity contribution < 1.29 is 9.21 Å². The molecule has 0 saturated heterocycles. The average Bonchev–Trinajstić information content (AvgIpc) is 3.26. The molecule has 2 aromatic heterocycles. The van der Waals surface area contributed by atoms with Crippen LogP contribution in [-0.2, 0) is 13.0 Å². The molecule has 1 amide bonds. The van der Waals surface area contributed by atoms with E-state index in [1.807, 2.05) is 24.4 Å². The number of rotatable bonds is 4. The molecule has 5 nitrogen and oxygen atoms in total. The maximum Gasteiger partial charge on any atom is 0.287 e. The van der Waals surface area contributed by atoms with Crippen LogP contribution < -0.4 is 5.32 Å².